The molecule has 1 rings (SSSR count). The van der Waals surface area contributed by atoms with Crippen molar-refractivity contribution in [1.82, 2.24) is 5.32 Å². The van der Waals surface area contributed by atoms with E-state index in [-0.39, 0.29) is 18.6 Å². The molecule has 1 atom stereocenters. The van der Waals surface area contributed by atoms with E-state index in [9.17, 15) is 4.79 Å². The van der Waals surface area contributed by atoms with Gasteiger partial charge in [-0.1, -0.05) is 30.3 Å². The average molecular weight is 250 g/mol. The van der Waals surface area contributed by atoms with Crippen LogP contribution in [0.25, 0.3) is 0 Å². The molecule has 0 fully saturated rings. The van der Waals surface area contributed by atoms with Crippen LogP contribution < -0.4 is 16.8 Å². The first kappa shape index (κ1) is 14.0. The lowest BCUT2D eigenvalue weighted by atomic mass is 10.1. The van der Waals surface area contributed by atoms with Crippen LogP contribution in [0.15, 0.2) is 35.3 Å². The first-order valence-electron chi connectivity index (χ1n) is 5.54. The van der Waals surface area contributed by atoms with Crippen molar-refractivity contribution >= 4 is 11.9 Å². The summed E-state index contributed by atoms with van der Waals surface area (Å²) < 4.78 is 4.73. The van der Waals surface area contributed by atoms with E-state index in [1.165, 1.54) is 7.11 Å². The van der Waals surface area contributed by atoms with Crippen LogP contribution in [-0.2, 0) is 16.0 Å². The minimum atomic E-state index is -0.472. The molecule has 0 heterocycles. The van der Waals surface area contributed by atoms with E-state index in [0.29, 0.717) is 6.42 Å². The highest BCUT2D eigenvalue weighted by Crippen LogP contribution is 2.04. The van der Waals surface area contributed by atoms with Crippen LogP contribution in [-0.4, -0.2) is 31.7 Å². The predicted octanol–water partition coefficient (Wildman–Crippen LogP) is -0.409. The highest BCUT2D eigenvalue weighted by atomic mass is 16.5. The molecule has 0 bridgehead atoms. The molecule has 0 amide bonds. The number of esters is 1. The number of ether oxygens (including phenoxy) is 1. The van der Waals surface area contributed by atoms with Crippen molar-refractivity contribution in [3.63, 3.8) is 0 Å². The highest BCUT2D eigenvalue weighted by Gasteiger charge is 2.18. The monoisotopic (exact) mass is 250 g/mol. The third-order valence-corrected chi connectivity index (χ3v) is 2.37. The van der Waals surface area contributed by atoms with Gasteiger partial charge in [0.1, 0.15) is 6.04 Å². The first-order valence-corrected chi connectivity index (χ1v) is 5.54. The smallest absolute Gasteiger partial charge is 0.323 e. The van der Waals surface area contributed by atoms with Gasteiger partial charge in [-0.3, -0.25) is 10.1 Å². The number of rotatable bonds is 6. The Morgan fingerprint density at radius 1 is 1.39 bits per heavy atom. The van der Waals surface area contributed by atoms with Crippen LogP contribution in [0.4, 0.5) is 0 Å². The van der Waals surface area contributed by atoms with Gasteiger partial charge in [-0.15, -0.1) is 0 Å². The van der Waals surface area contributed by atoms with Gasteiger partial charge in [0, 0.05) is 0 Å². The Morgan fingerprint density at radius 2 is 2.06 bits per heavy atom. The predicted molar refractivity (Wildman–Crippen MR) is 69.8 cm³/mol. The molecular formula is C12H18N4O2. The van der Waals surface area contributed by atoms with Gasteiger partial charge >= 0.3 is 5.97 Å². The second-order valence-corrected chi connectivity index (χ2v) is 3.71. The minimum absolute atomic E-state index is 0.0224. The Balaban J connectivity index is 2.61. The maximum Gasteiger partial charge on any atom is 0.323 e. The Hall–Kier alpha value is -2.08. The average Bonchev–Trinajstić information content (AvgIpc) is 2.37. The van der Waals surface area contributed by atoms with Gasteiger partial charge in [0.25, 0.3) is 0 Å². The largest absolute Gasteiger partial charge is 0.468 e. The molecular weight excluding hydrogens is 232 g/mol. The van der Waals surface area contributed by atoms with E-state index in [2.05, 4.69) is 10.3 Å². The molecule has 6 nitrogen and oxygen atoms in total. The number of hydrogen-bond donors (Lipinski definition) is 3. The van der Waals surface area contributed by atoms with Gasteiger partial charge in [-0.05, 0) is 12.0 Å². The van der Waals surface area contributed by atoms with Crippen LogP contribution in [0.1, 0.15) is 5.56 Å². The molecule has 0 saturated heterocycles. The number of carbonyl (C=O) groups is 1. The van der Waals surface area contributed by atoms with Crippen molar-refractivity contribution in [1.29, 1.82) is 0 Å². The molecule has 0 aliphatic rings. The van der Waals surface area contributed by atoms with E-state index in [4.69, 9.17) is 16.2 Å². The molecule has 5 N–H and O–H groups in total. The first-order chi connectivity index (χ1) is 8.63. The third-order valence-electron chi connectivity index (χ3n) is 2.37. The van der Waals surface area contributed by atoms with E-state index in [0.717, 1.165) is 5.56 Å². The van der Waals surface area contributed by atoms with E-state index < -0.39 is 6.04 Å². The lowest BCUT2D eigenvalue weighted by Gasteiger charge is -2.15. The Kier molecular flexibility index (Phi) is 5.66. The van der Waals surface area contributed by atoms with E-state index >= 15 is 0 Å². The molecule has 98 valence electrons. The summed E-state index contributed by atoms with van der Waals surface area (Å²) in [5, 5.41) is 2.93. The summed E-state index contributed by atoms with van der Waals surface area (Å²) in [6.07, 6.45) is 0.521. The Morgan fingerprint density at radius 3 is 2.61 bits per heavy atom. The van der Waals surface area contributed by atoms with Crippen molar-refractivity contribution < 1.29 is 9.53 Å². The zero-order valence-electron chi connectivity index (χ0n) is 10.3. The number of nitrogens with two attached hydrogens (primary N) is 2. The van der Waals surface area contributed by atoms with Crippen LogP contribution in [0.2, 0.25) is 0 Å². The van der Waals surface area contributed by atoms with Gasteiger partial charge in [-0.25, -0.2) is 4.99 Å². The number of aliphatic imine (C=N–C) groups is 1. The number of methoxy groups -OCH3 is 1. The molecule has 18 heavy (non-hydrogen) atoms. The quantitative estimate of drug-likeness (QED) is 0.362. The van der Waals surface area contributed by atoms with Gasteiger partial charge in [0.05, 0.1) is 13.8 Å². The Labute approximate surface area is 106 Å². The molecule has 1 aromatic rings. The molecule has 1 aromatic carbocycles. The van der Waals surface area contributed by atoms with Crippen molar-refractivity contribution in [2.45, 2.75) is 12.5 Å². The number of benzene rings is 1. The molecule has 0 spiro atoms. The van der Waals surface area contributed by atoms with Crippen molar-refractivity contribution in [2.75, 3.05) is 13.8 Å². The van der Waals surface area contributed by atoms with Gasteiger partial charge in [-0.2, -0.15) is 0 Å². The number of hydrogen-bond acceptors (Lipinski definition) is 4. The summed E-state index contributed by atoms with van der Waals surface area (Å²) in [7, 11) is 1.35. The van der Waals surface area contributed by atoms with Crippen LogP contribution >= 0.6 is 0 Å². The van der Waals surface area contributed by atoms with Crippen LogP contribution in [0, 0.1) is 0 Å². The topological polar surface area (TPSA) is 103 Å². The summed E-state index contributed by atoms with van der Waals surface area (Å²) in [5.74, 6) is -0.365. The number of nitrogens with one attached hydrogen (secondary N) is 1. The van der Waals surface area contributed by atoms with Crippen molar-refractivity contribution in [2.24, 2.45) is 16.5 Å². The van der Waals surface area contributed by atoms with Gasteiger partial charge < -0.3 is 16.2 Å². The van der Waals surface area contributed by atoms with Gasteiger partial charge in [0.15, 0.2) is 5.96 Å². The molecule has 0 radical (unpaired) electrons. The zero-order chi connectivity index (χ0) is 13.4. The fourth-order valence-corrected chi connectivity index (χ4v) is 1.48. The van der Waals surface area contributed by atoms with Crippen molar-refractivity contribution in [3.05, 3.63) is 35.9 Å². The number of guanidine groups is 1. The molecule has 0 aliphatic carbocycles. The zero-order valence-corrected chi connectivity index (χ0v) is 10.3. The van der Waals surface area contributed by atoms with Crippen molar-refractivity contribution in [3.8, 4) is 0 Å². The summed E-state index contributed by atoms with van der Waals surface area (Å²) in [5.41, 5.74) is 11.5. The third kappa shape index (κ3) is 4.84. The second-order valence-electron chi connectivity index (χ2n) is 3.71. The second kappa shape index (κ2) is 7.29. The minimum Gasteiger partial charge on any atom is -0.468 e. The standard InChI is InChI=1S/C12H18N4O2/c1-18-11(17)10(15-8-16-12(13)14)7-9-5-3-2-4-6-9/h2-6,10,15H,7-8H2,1H3,(H4,13,14,16)/t10-/m0/s1. The molecule has 0 unspecified atom stereocenters. The Bertz CT molecular complexity index is 402. The highest BCUT2D eigenvalue weighted by molar-refractivity contribution is 5.77. The van der Waals surface area contributed by atoms with Crippen LogP contribution in [0.5, 0.6) is 0 Å². The SMILES string of the molecule is COC(=O)[C@H](Cc1ccccc1)NCN=C(N)N. The molecule has 0 aliphatic heterocycles. The van der Waals surface area contributed by atoms with E-state index in [1.54, 1.807) is 0 Å². The maximum absolute atomic E-state index is 11.6. The lowest BCUT2D eigenvalue weighted by Crippen LogP contribution is -2.40. The lowest BCUT2D eigenvalue weighted by molar-refractivity contribution is -0.143. The number of carbonyl (C=O) groups excluding carboxylic acids is 1. The van der Waals surface area contributed by atoms with Gasteiger partial charge in [0.2, 0.25) is 0 Å². The molecule has 0 aromatic heterocycles. The summed E-state index contributed by atoms with van der Waals surface area (Å²) in [6, 6.07) is 9.17. The number of nitrogens with zero attached hydrogens (tertiary/aromatic N) is 1. The summed E-state index contributed by atoms with van der Waals surface area (Å²) >= 11 is 0. The maximum atomic E-state index is 11.6. The van der Waals surface area contributed by atoms with Crippen LogP contribution in [0.3, 0.4) is 0 Å². The summed E-state index contributed by atoms with van der Waals surface area (Å²) in [6.45, 7) is 0.176. The normalized spacial score (nSPS) is 11.6. The van der Waals surface area contributed by atoms with E-state index in [1.807, 2.05) is 30.3 Å². The summed E-state index contributed by atoms with van der Waals surface area (Å²) in [4.78, 5) is 15.4. The molecule has 6 heteroatoms. The fourth-order valence-electron chi connectivity index (χ4n) is 1.48. The molecule has 0 saturated carbocycles. The fraction of sp³-hybridized carbons (Fsp3) is 0.333.